The first kappa shape index (κ1) is 55.4. The molecule has 1 aliphatic rings. The zero-order valence-electron chi connectivity index (χ0n) is 45.0. The summed E-state index contributed by atoms with van der Waals surface area (Å²) in [5.41, 5.74) is 14.8. The molecule has 6 atom stereocenters. The maximum Gasteiger partial charge on any atom is 0.119 e. The molecule has 0 radical (unpaired) electrons. The Morgan fingerprint density at radius 3 is 1.56 bits per heavy atom. The summed E-state index contributed by atoms with van der Waals surface area (Å²) in [6.45, 7) is 29.6. The van der Waals surface area contributed by atoms with Crippen LogP contribution in [-0.4, -0.2) is 61.5 Å². The third-order valence-electron chi connectivity index (χ3n) is 16.8. The highest BCUT2D eigenvalue weighted by atomic mass is 16.5. The maximum atomic E-state index is 10.9. The molecule has 0 saturated heterocycles. The van der Waals surface area contributed by atoms with Gasteiger partial charge in [0.25, 0.3) is 0 Å². The Morgan fingerprint density at radius 1 is 0.588 bits per heavy atom. The predicted octanol–water partition coefficient (Wildman–Crippen LogP) is 15.0. The van der Waals surface area contributed by atoms with Crippen LogP contribution in [0.15, 0.2) is 91.0 Å². The Balaban J connectivity index is 1.60. The van der Waals surface area contributed by atoms with Gasteiger partial charge in [-0.2, -0.15) is 0 Å². The highest BCUT2D eigenvalue weighted by Crippen LogP contribution is 2.56. The number of aliphatic hydroxyl groups is 1. The van der Waals surface area contributed by atoms with E-state index in [4.69, 9.17) is 24.7 Å². The van der Waals surface area contributed by atoms with Crippen LogP contribution in [0.3, 0.4) is 0 Å². The van der Waals surface area contributed by atoms with E-state index in [2.05, 4.69) is 160 Å². The molecule has 0 saturated carbocycles. The van der Waals surface area contributed by atoms with Crippen LogP contribution in [0.25, 0.3) is 11.1 Å². The first-order valence-corrected chi connectivity index (χ1v) is 26.6. The molecule has 0 aromatic heterocycles. The maximum absolute atomic E-state index is 10.9. The number of ether oxygens (including phenoxy) is 4. The molecule has 1 aliphatic carbocycles. The van der Waals surface area contributed by atoms with Crippen molar-refractivity contribution in [3.63, 3.8) is 0 Å². The second-order valence-electron chi connectivity index (χ2n) is 22.4. The first-order valence-electron chi connectivity index (χ1n) is 26.6. The molecule has 0 bridgehead atoms. The lowest BCUT2D eigenvalue weighted by Crippen LogP contribution is -2.34. The molecule has 3 N–H and O–H groups in total. The van der Waals surface area contributed by atoms with Gasteiger partial charge in [-0.15, -0.1) is 0 Å². The average Bonchev–Trinajstić information content (AvgIpc) is 3.61. The quantitative estimate of drug-likeness (QED) is 0.0542. The van der Waals surface area contributed by atoms with Crippen molar-refractivity contribution in [1.29, 1.82) is 0 Å². The van der Waals surface area contributed by atoms with Gasteiger partial charge in [0.1, 0.15) is 5.75 Å². The van der Waals surface area contributed by atoms with Crippen molar-refractivity contribution < 1.29 is 24.1 Å². The fourth-order valence-electron chi connectivity index (χ4n) is 10.4. The largest absolute Gasteiger partial charge is 0.494 e. The molecule has 376 valence electrons. The number of nitrogens with two attached hydrogens (primary N) is 1. The monoisotopic (exact) mass is 932 g/mol. The SMILES string of the molecule is CCC(CCOC(C)(CC)CCCC1(CCCC(C)(CC)OCCC(C)(O)CC)c2cc(C(C)(C)c3ccccc3)ccc2-c2ccc(C(C)(C)c3ccc(OCCC(C)CN)cc3)cc21)OC. The molecule has 4 aromatic rings. The van der Waals surface area contributed by atoms with Gasteiger partial charge in [0.2, 0.25) is 0 Å². The van der Waals surface area contributed by atoms with Crippen molar-refractivity contribution in [3.05, 3.63) is 124 Å². The van der Waals surface area contributed by atoms with E-state index in [0.29, 0.717) is 45.1 Å². The third-order valence-corrected chi connectivity index (χ3v) is 16.8. The fourth-order valence-corrected chi connectivity index (χ4v) is 10.4. The summed E-state index contributed by atoms with van der Waals surface area (Å²) in [7, 11) is 1.81. The molecule has 68 heavy (non-hydrogen) atoms. The molecule has 0 heterocycles. The van der Waals surface area contributed by atoms with Gasteiger partial charge in [0, 0.05) is 30.0 Å². The zero-order valence-corrected chi connectivity index (χ0v) is 45.0. The molecule has 5 rings (SSSR count). The molecule has 4 aromatic carbocycles. The lowest BCUT2D eigenvalue weighted by atomic mass is 9.67. The minimum Gasteiger partial charge on any atom is -0.494 e. The third kappa shape index (κ3) is 13.5. The standard InChI is InChI=1S/C62H93NO5/c1-14-51(65-13)34-41-67-60(11,16-3)35-21-37-62(38-22-36-61(12,17-4)68-42-39-59(10,64)15-2)55-43-49(57(6,7)47-23-19-18-20-24-47)27-31-53(55)54-32-28-50(44-56(54)62)58(8,9)48-25-29-52(30-26-48)66-40-33-46(5)45-63/h18-20,23-32,43-44,46,51,64H,14-17,21-22,33-42,45,63H2,1-13H3. The molecular formula is C62H93NO5. The Labute approximate surface area is 414 Å². The topological polar surface area (TPSA) is 83.2 Å². The van der Waals surface area contributed by atoms with Crippen molar-refractivity contribution in [2.24, 2.45) is 11.7 Å². The molecular weight excluding hydrogens is 839 g/mol. The van der Waals surface area contributed by atoms with E-state index in [-0.39, 0.29) is 33.6 Å². The normalized spacial score (nSPS) is 18.5. The summed E-state index contributed by atoms with van der Waals surface area (Å²) >= 11 is 0. The van der Waals surface area contributed by atoms with Gasteiger partial charge in [-0.1, -0.05) is 141 Å². The summed E-state index contributed by atoms with van der Waals surface area (Å²) in [4.78, 5) is 0. The highest BCUT2D eigenvalue weighted by Gasteiger charge is 2.45. The van der Waals surface area contributed by atoms with Gasteiger partial charge < -0.3 is 29.8 Å². The number of benzene rings is 4. The van der Waals surface area contributed by atoms with Crippen LogP contribution in [-0.2, 0) is 30.5 Å². The van der Waals surface area contributed by atoms with Crippen molar-refractivity contribution in [2.45, 2.75) is 206 Å². The van der Waals surface area contributed by atoms with Crippen LogP contribution in [0, 0.1) is 5.92 Å². The molecule has 0 aliphatic heterocycles. The lowest BCUT2D eigenvalue weighted by Gasteiger charge is -2.38. The van der Waals surface area contributed by atoms with E-state index >= 15 is 0 Å². The Hall–Kier alpha value is -3.52. The van der Waals surface area contributed by atoms with E-state index in [1.807, 2.05) is 21.0 Å². The van der Waals surface area contributed by atoms with Crippen LogP contribution >= 0.6 is 0 Å². The van der Waals surface area contributed by atoms with Crippen molar-refractivity contribution in [3.8, 4) is 16.9 Å². The zero-order chi connectivity index (χ0) is 49.8. The average molecular weight is 932 g/mol. The summed E-state index contributed by atoms with van der Waals surface area (Å²) in [5.74, 6) is 1.34. The second-order valence-corrected chi connectivity index (χ2v) is 22.4. The smallest absolute Gasteiger partial charge is 0.119 e. The number of hydrogen-bond donors (Lipinski definition) is 2. The summed E-state index contributed by atoms with van der Waals surface area (Å²) in [5, 5.41) is 10.9. The Morgan fingerprint density at radius 2 is 1.09 bits per heavy atom. The van der Waals surface area contributed by atoms with Crippen molar-refractivity contribution >= 4 is 0 Å². The minimum absolute atomic E-state index is 0.190. The lowest BCUT2D eigenvalue weighted by molar-refractivity contribution is -0.0685. The van der Waals surface area contributed by atoms with E-state index in [1.165, 1.54) is 44.5 Å². The van der Waals surface area contributed by atoms with Crippen molar-refractivity contribution in [1.82, 2.24) is 0 Å². The van der Waals surface area contributed by atoms with E-state index in [9.17, 15) is 5.11 Å². The van der Waals surface area contributed by atoms with E-state index in [1.54, 1.807) is 0 Å². The second kappa shape index (κ2) is 24.1. The van der Waals surface area contributed by atoms with Gasteiger partial charge in [-0.05, 0) is 173 Å². The molecule has 6 unspecified atom stereocenters. The highest BCUT2D eigenvalue weighted by molar-refractivity contribution is 5.82. The number of fused-ring (bicyclic) bond motifs is 3. The van der Waals surface area contributed by atoms with Crippen LogP contribution in [0.1, 0.15) is 200 Å². The Bertz CT molecular complexity index is 2140. The molecule has 0 spiro atoms. The van der Waals surface area contributed by atoms with E-state index in [0.717, 1.165) is 76.4 Å². The summed E-state index contributed by atoms with van der Waals surface area (Å²) < 4.78 is 25.4. The molecule has 6 heteroatoms. The van der Waals surface area contributed by atoms with Crippen LogP contribution in [0.5, 0.6) is 5.75 Å². The van der Waals surface area contributed by atoms with Gasteiger partial charge >= 0.3 is 0 Å². The predicted molar refractivity (Wildman–Crippen MR) is 286 cm³/mol. The summed E-state index contributed by atoms with van der Waals surface area (Å²) in [6, 6.07) is 34.6. The van der Waals surface area contributed by atoms with Gasteiger partial charge in [-0.3, -0.25) is 0 Å². The number of hydrogen-bond acceptors (Lipinski definition) is 6. The number of rotatable bonds is 30. The number of methoxy groups -OCH3 is 1. The molecule has 0 fully saturated rings. The van der Waals surface area contributed by atoms with E-state index < -0.39 is 5.60 Å². The van der Waals surface area contributed by atoms with Gasteiger partial charge in [-0.25, -0.2) is 0 Å². The van der Waals surface area contributed by atoms with Gasteiger partial charge in [0.15, 0.2) is 0 Å². The van der Waals surface area contributed by atoms with Crippen LogP contribution in [0.4, 0.5) is 0 Å². The molecule has 6 nitrogen and oxygen atoms in total. The van der Waals surface area contributed by atoms with Crippen LogP contribution in [0.2, 0.25) is 0 Å². The fraction of sp³-hybridized carbons (Fsp3) is 0.613. The van der Waals surface area contributed by atoms with Crippen LogP contribution < -0.4 is 10.5 Å². The summed E-state index contributed by atoms with van der Waals surface area (Å²) in [6.07, 6.45) is 12.3. The van der Waals surface area contributed by atoms with Crippen molar-refractivity contribution in [2.75, 3.05) is 33.5 Å². The minimum atomic E-state index is -0.718. The first-order chi connectivity index (χ1) is 32.3. The molecule has 0 amide bonds. The Kier molecular flexibility index (Phi) is 19.6. The van der Waals surface area contributed by atoms with Gasteiger partial charge in [0.05, 0.1) is 36.1 Å².